The van der Waals surface area contributed by atoms with Gasteiger partial charge in [0.25, 0.3) is 0 Å². The fourth-order valence-electron chi connectivity index (χ4n) is 3.03. The lowest BCUT2D eigenvalue weighted by Gasteiger charge is -2.42. The molecule has 18 heavy (non-hydrogen) atoms. The van der Waals surface area contributed by atoms with Gasteiger partial charge in [-0.05, 0) is 46.7 Å². The number of nitrogens with zero attached hydrogens (tertiary/aromatic N) is 2. The Labute approximate surface area is 114 Å². The van der Waals surface area contributed by atoms with Crippen molar-refractivity contribution in [1.29, 1.82) is 0 Å². The molecule has 0 aliphatic carbocycles. The monoisotopic (exact) mass is 255 g/mol. The molecule has 3 unspecified atom stereocenters. The Hall–Kier alpha value is -0.120. The van der Waals surface area contributed by atoms with E-state index < -0.39 is 0 Å². The molecule has 0 spiro atoms. The lowest BCUT2D eigenvalue weighted by Crippen LogP contribution is -2.54. The van der Waals surface area contributed by atoms with Gasteiger partial charge >= 0.3 is 0 Å². The fraction of sp³-hybridized carbons (Fsp3) is 1.00. The number of nitrogens with one attached hydrogen (secondary N) is 1. The van der Waals surface area contributed by atoms with Crippen LogP contribution in [0.1, 0.15) is 47.5 Å². The fourth-order valence-corrected chi connectivity index (χ4v) is 3.03. The van der Waals surface area contributed by atoms with Crippen molar-refractivity contribution in [3.63, 3.8) is 0 Å². The molecule has 0 bridgehead atoms. The highest BCUT2D eigenvalue weighted by Crippen LogP contribution is 2.14. The first-order valence-corrected chi connectivity index (χ1v) is 7.79. The molecule has 108 valence electrons. The summed E-state index contributed by atoms with van der Waals surface area (Å²) in [6.07, 6.45) is 2.49. The summed E-state index contributed by atoms with van der Waals surface area (Å²) < 4.78 is 0. The van der Waals surface area contributed by atoms with E-state index in [2.05, 4.69) is 49.7 Å². The van der Waals surface area contributed by atoms with Crippen LogP contribution in [-0.2, 0) is 0 Å². The summed E-state index contributed by atoms with van der Waals surface area (Å²) >= 11 is 0. The Bertz CT molecular complexity index is 220. The average Bonchev–Trinajstić information content (AvgIpc) is 2.36. The Kier molecular flexibility index (Phi) is 7.20. The van der Waals surface area contributed by atoms with E-state index in [1.165, 1.54) is 39.0 Å². The van der Waals surface area contributed by atoms with Crippen molar-refractivity contribution >= 4 is 0 Å². The number of hydrogen-bond acceptors (Lipinski definition) is 3. The highest BCUT2D eigenvalue weighted by Gasteiger charge is 2.25. The first kappa shape index (κ1) is 15.9. The van der Waals surface area contributed by atoms with Crippen molar-refractivity contribution < 1.29 is 0 Å². The third-order valence-electron chi connectivity index (χ3n) is 4.26. The molecule has 3 atom stereocenters. The minimum atomic E-state index is 0.638. The van der Waals surface area contributed by atoms with Crippen LogP contribution < -0.4 is 5.32 Å². The number of rotatable bonds is 7. The second kappa shape index (κ2) is 8.13. The Morgan fingerprint density at radius 3 is 2.50 bits per heavy atom. The molecule has 1 heterocycles. The van der Waals surface area contributed by atoms with Crippen LogP contribution in [0.15, 0.2) is 0 Å². The van der Waals surface area contributed by atoms with Crippen LogP contribution in [0.25, 0.3) is 0 Å². The summed E-state index contributed by atoms with van der Waals surface area (Å²) in [6.45, 7) is 17.6. The molecule has 1 N–H and O–H groups in total. The Morgan fingerprint density at radius 1 is 1.22 bits per heavy atom. The van der Waals surface area contributed by atoms with E-state index in [4.69, 9.17) is 0 Å². The zero-order chi connectivity index (χ0) is 13.5. The maximum atomic E-state index is 3.60. The van der Waals surface area contributed by atoms with Crippen LogP contribution >= 0.6 is 0 Å². The quantitative estimate of drug-likeness (QED) is 0.752. The van der Waals surface area contributed by atoms with Crippen LogP contribution in [-0.4, -0.2) is 60.6 Å². The molecule has 1 saturated heterocycles. The first-order valence-electron chi connectivity index (χ1n) is 7.79. The molecule has 1 aliphatic rings. The highest BCUT2D eigenvalue weighted by molar-refractivity contribution is 4.82. The largest absolute Gasteiger partial charge is 0.314 e. The molecule has 1 fully saturated rings. The van der Waals surface area contributed by atoms with Crippen LogP contribution in [0.4, 0.5) is 0 Å². The van der Waals surface area contributed by atoms with E-state index in [1.54, 1.807) is 0 Å². The summed E-state index contributed by atoms with van der Waals surface area (Å²) in [5.74, 6) is 0. The van der Waals surface area contributed by atoms with Crippen LogP contribution in [0, 0.1) is 0 Å². The number of piperazine rings is 1. The van der Waals surface area contributed by atoms with Crippen molar-refractivity contribution in [3.8, 4) is 0 Å². The van der Waals surface area contributed by atoms with Gasteiger partial charge in [-0.1, -0.05) is 13.8 Å². The minimum Gasteiger partial charge on any atom is -0.314 e. The molecule has 0 aromatic carbocycles. The van der Waals surface area contributed by atoms with Gasteiger partial charge < -0.3 is 5.32 Å². The van der Waals surface area contributed by atoms with Crippen molar-refractivity contribution in [1.82, 2.24) is 15.1 Å². The van der Waals surface area contributed by atoms with E-state index in [-0.39, 0.29) is 0 Å². The van der Waals surface area contributed by atoms with Gasteiger partial charge in [-0.25, -0.2) is 0 Å². The summed E-state index contributed by atoms with van der Waals surface area (Å²) in [6, 6.07) is 2.05. The molecule has 0 amide bonds. The molecular weight excluding hydrogens is 222 g/mol. The third kappa shape index (κ3) is 4.87. The highest BCUT2D eigenvalue weighted by atomic mass is 15.3. The van der Waals surface area contributed by atoms with Crippen LogP contribution in [0.2, 0.25) is 0 Å². The molecule has 3 heteroatoms. The second-order valence-corrected chi connectivity index (χ2v) is 5.91. The van der Waals surface area contributed by atoms with E-state index in [1.807, 2.05) is 0 Å². The topological polar surface area (TPSA) is 18.5 Å². The van der Waals surface area contributed by atoms with Gasteiger partial charge in [0.15, 0.2) is 0 Å². The smallest absolute Gasteiger partial charge is 0.0195 e. The first-order chi connectivity index (χ1) is 8.58. The Balaban J connectivity index is 2.32. The van der Waals surface area contributed by atoms with E-state index >= 15 is 0 Å². The van der Waals surface area contributed by atoms with Gasteiger partial charge in [0.2, 0.25) is 0 Å². The zero-order valence-corrected chi connectivity index (χ0v) is 13.1. The lowest BCUT2D eigenvalue weighted by atomic mass is 10.1. The van der Waals surface area contributed by atoms with Gasteiger partial charge in [0.1, 0.15) is 0 Å². The summed E-state index contributed by atoms with van der Waals surface area (Å²) in [7, 11) is 0. The summed E-state index contributed by atoms with van der Waals surface area (Å²) in [4.78, 5) is 5.25. The van der Waals surface area contributed by atoms with Gasteiger partial charge in [-0.3, -0.25) is 9.80 Å². The van der Waals surface area contributed by atoms with Crippen molar-refractivity contribution in [2.45, 2.75) is 65.6 Å². The van der Waals surface area contributed by atoms with Gasteiger partial charge in [0.05, 0.1) is 0 Å². The molecule has 1 rings (SSSR count). The lowest BCUT2D eigenvalue weighted by molar-refractivity contribution is 0.0586. The van der Waals surface area contributed by atoms with Crippen LogP contribution in [0.3, 0.4) is 0 Å². The predicted octanol–water partition coefficient (Wildman–Crippen LogP) is 2.18. The standard InChI is InChI=1S/C15H33N3/c1-6-8-16-13(3)11-14(4)18-10-9-17(7-2)15(5)12-18/h13-16H,6-12H2,1-5H3. The van der Waals surface area contributed by atoms with Gasteiger partial charge in [-0.2, -0.15) is 0 Å². The van der Waals surface area contributed by atoms with Crippen LogP contribution in [0.5, 0.6) is 0 Å². The molecule has 0 aromatic rings. The normalized spacial score (nSPS) is 26.2. The molecule has 0 radical (unpaired) electrons. The molecule has 3 nitrogen and oxygen atoms in total. The molecule has 0 saturated carbocycles. The maximum absolute atomic E-state index is 3.60. The van der Waals surface area contributed by atoms with Gasteiger partial charge in [-0.15, -0.1) is 0 Å². The molecule has 0 aromatic heterocycles. The number of hydrogen-bond donors (Lipinski definition) is 1. The maximum Gasteiger partial charge on any atom is 0.0195 e. The van der Waals surface area contributed by atoms with E-state index in [9.17, 15) is 0 Å². The predicted molar refractivity (Wildman–Crippen MR) is 80.1 cm³/mol. The van der Waals surface area contributed by atoms with Gasteiger partial charge in [0, 0.05) is 37.8 Å². The molecular formula is C15H33N3. The van der Waals surface area contributed by atoms with E-state index in [0.29, 0.717) is 18.1 Å². The minimum absolute atomic E-state index is 0.638. The SMILES string of the molecule is CCCNC(C)CC(C)N1CCN(CC)C(C)C1. The van der Waals surface area contributed by atoms with E-state index in [0.717, 1.165) is 6.54 Å². The van der Waals surface area contributed by atoms with Crippen molar-refractivity contribution in [2.75, 3.05) is 32.7 Å². The molecule has 1 aliphatic heterocycles. The summed E-state index contributed by atoms with van der Waals surface area (Å²) in [5, 5.41) is 3.60. The van der Waals surface area contributed by atoms with Crippen molar-refractivity contribution in [2.24, 2.45) is 0 Å². The zero-order valence-electron chi connectivity index (χ0n) is 13.1. The number of likely N-dealkylation sites (N-methyl/N-ethyl adjacent to an activating group) is 1. The average molecular weight is 255 g/mol. The van der Waals surface area contributed by atoms with Crippen molar-refractivity contribution in [3.05, 3.63) is 0 Å². The second-order valence-electron chi connectivity index (χ2n) is 5.91. The third-order valence-corrected chi connectivity index (χ3v) is 4.26. The Morgan fingerprint density at radius 2 is 1.94 bits per heavy atom. The summed E-state index contributed by atoms with van der Waals surface area (Å²) in [5.41, 5.74) is 0.